The van der Waals surface area contributed by atoms with E-state index in [0.717, 1.165) is 16.7 Å². The molecular formula is C17H18O4. The Balaban J connectivity index is 2.26. The molecule has 2 aromatic rings. The molecule has 0 fully saturated rings. The number of benzene rings is 2. The predicted molar refractivity (Wildman–Crippen MR) is 80.2 cm³/mol. The molecule has 0 amide bonds. The van der Waals surface area contributed by atoms with Gasteiger partial charge in [0.2, 0.25) is 0 Å². The quantitative estimate of drug-likeness (QED) is 0.912. The van der Waals surface area contributed by atoms with Crippen LogP contribution in [0.4, 0.5) is 0 Å². The van der Waals surface area contributed by atoms with Gasteiger partial charge in [-0.05, 0) is 48.7 Å². The predicted octanol–water partition coefficient (Wildman–Crippen LogP) is 3.59. The maximum atomic E-state index is 11.3. The second-order valence-electron chi connectivity index (χ2n) is 4.83. The number of rotatable bonds is 5. The number of methoxy groups -OCH3 is 1. The van der Waals surface area contributed by atoms with Gasteiger partial charge in [0.15, 0.2) is 0 Å². The summed E-state index contributed by atoms with van der Waals surface area (Å²) in [6.07, 6.45) is 0. The number of hydrogen-bond acceptors (Lipinski definition) is 3. The van der Waals surface area contributed by atoms with Gasteiger partial charge in [0.05, 0.1) is 7.11 Å². The van der Waals surface area contributed by atoms with Crippen molar-refractivity contribution in [1.29, 1.82) is 0 Å². The molecule has 0 spiro atoms. The van der Waals surface area contributed by atoms with E-state index in [9.17, 15) is 9.90 Å². The second kappa shape index (κ2) is 6.31. The van der Waals surface area contributed by atoms with Crippen molar-refractivity contribution in [1.82, 2.24) is 0 Å². The Morgan fingerprint density at radius 3 is 2.38 bits per heavy atom. The summed E-state index contributed by atoms with van der Waals surface area (Å²) < 4.78 is 10.8. The summed E-state index contributed by atoms with van der Waals surface area (Å²) in [5, 5.41) is 9.26. The number of hydrogen-bond donors (Lipinski definition) is 1. The van der Waals surface area contributed by atoms with Crippen LogP contribution in [0.5, 0.6) is 11.5 Å². The van der Waals surface area contributed by atoms with Crippen LogP contribution in [0.15, 0.2) is 36.4 Å². The minimum atomic E-state index is -1.04. The molecule has 0 aliphatic rings. The van der Waals surface area contributed by atoms with Crippen LogP contribution in [-0.4, -0.2) is 18.2 Å². The number of aryl methyl sites for hydroxylation is 2. The van der Waals surface area contributed by atoms with Crippen LogP contribution in [0.1, 0.15) is 27.0 Å². The van der Waals surface area contributed by atoms with Gasteiger partial charge in [0.25, 0.3) is 0 Å². The fourth-order valence-electron chi connectivity index (χ4n) is 2.16. The molecule has 0 aliphatic carbocycles. The molecule has 0 aliphatic heterocycles. The van der Waals surface area contributed by atoms with Crippen molar-refractivity contribution in [2.24, 2.45) is 0 Å². The molecule has 2 aromatic carbocycles. The normalized spacial score (nSPS) is 10.2. The van der Waals surface area contributed by atoms with Crippen LogP contribution in [0, 0.1) is 13.8 Å². The summed E-state index contributed by atoms with van der Waals surface area (Å²) in [5.41, 5.74) is 3.42. The first-order valence-corrected chi connectivity index (χ1v) is 6.62. The highest BCUT2D eigenvalue weighted by Gasteiger charge is 2.13. The Morgan fingerprint density at radius 2 is 1.81 bits per heavy atom. The fraction of sp³-hybridized carbons (Fsp3) is 0.235. The molecule has 4 heteroatoms. The maximum absolute atomic E-state index is 11.3. The molecular weight excluding hydrogens is 268 g/mol. The minimum absolute atomic E-state index is 0.0978. The van der Waals surface area contributed by atoms with E-state index in [1.807, 2.05) is 32.0 Å². The van der Waals surface area contributed by atoms with Gasteiger partial charge in [-0.2, -0.15) is 0 Å². The first-order valence-electron chi connectivity index (χ1n) is 6.62. The average molecular weight is 286 g/mol. The van der Waals surface area contributed by atoms with Gasteiger partial charge >= 0.3 is 5.97 Å². The smallest absolute Gasteiger partial charge is 0.339 e. The topological polar surface area (TPSA) is 55.8 Å². The Kier molecular flexibility index (Phi) is 4.48. The van der Waals surface area contributed by atoms with Crippen molar-refractivity contribution in [2.45, 2.75) is 20.5 Å². The fourth-order valence-corrected chi connectivity index (χ4v) is 2.16. The Morgan fingerprint density at radius 1 is 1.14 bits per heavy atom. The largest absolute Gasteiger partial charge is 0.497 e. The molecule has 0 unspecified atom stereocenters. The van der Waals surface area contributed by atoms with Crippen molar-refractivity contribution >= 4 is 5.97 Å². The molecule has 1 N–H and O–H groups in total. The van der Waals surface area contributed by atoms with E-state index in [-0.39, 0.29) is 5.56 Å². The zero-order chi connectivity index (χ0) is 15.4. The highest BCUT2D eigenvalue weighted by molar-refractivity contribution is 5.91. The van der Waals surface area contributed by atoms with E-state index in [1.54, 1.807) is 12.1 Å². The van der Waals surface area contributed by atoms with Crippen molar-refractivity contribution in [3.05, 3.63) is 58.7 Å². The molecule has 0 atom stereocenters. The Labute approximate surface area is 123 Å². The average Bonchev–Trinajstić information content (AvgIpc) is 2.46. The van der Waals surface area contributed by atoms with Crippen molar-refractivity contribution in [3.63, 3.8) is 0 Å². The van der Waals surface area contributed by atoms with Crippen molar-refractivity contribution in [3.8, 4) is 11.5 Å². The van der Waals surface area contributed by atoms with Gasteiger partial charge in [-0.3, -0.25) is 0 Å². The van der Waals surface area contributed by atoms with Crippen LogP contribution in [0.2, 0.25) is 0 Å². The van der Waals surface area contributed by atoms with E-state index in [0.29, 0.717) is 18.1 Å². The zero-order valence-corrected chi connectivity index (χ0v) is 12.3. The molecule has 2 rings (SSSR count). The van der Waals surface area contributed by atoms with E-state index < -0.39 is 5.97 Å². The molecule has 21 heavy (non-hydrogen) atoms. The molecule has 4 nitrogen and oxygen atoms in total. The Bertz CT molecular complexity index is 642. The third-order valence-electron chi connectivity index (χ3n) is 3.43. The highest BCUT2D eigenvalue weighted by atomic mass is 16.5. The summed E-state index contributed by atoms with van der Waals surface area (Å²) >= 11 is 0. The SMILES string of the molecule is COc1ccc(OCc2c(C)cccc2C)c(C(=O)O)c1. The van der Waals surface area contributed by atoms with E-state index in [4.69, 9.17) is 9.47 Å². The van der Waals surface area contributed by atoms with E-state index >= 15 is 0 Å². The van der Waals surface area contributed by atoms with Crippen LogP contribution in [-0.2, 0) is 6.61 Å². The second-order valence-corrected chi connectivity index (χ2v) is 4.83. The lowest BCUT2D eigenvalue weighted by Gasteiger charge is -2.13. The molecule has 0 radical (unpaired) electrons. The third kappa shape index (κ3) is 3.34. The van der Waals surface area contributed by atoms with Gasteiger partial charge in [-0.25, -0.2) is 4.79 Å². The minimum Gasteiger partial charge on any atom is -0.497 e. The standard InChI is InChI=1S/C17H18O4/c1-11-5-4-6-12(2)15(11)10-21-16-8-7-13(20-3)9-14(16)17(18)19/h4-9H,10H2,1-3H3,(H,18,19). The molecule has 110 valence electrons. The van der Waals surface area contributed by atoms with Crippen molar-refractivity contribution < 1.29 is 19.4 Å². The monoisotopic (exact) mass is 286 g/mol. The van der Waals surface area contributed by atoms with Gasteiger partial charge in [-0.15, -0.1) is 0 Å². The van der Waals surface area contributed by atoms with Gasteiger partial charge in [0, 0.05) is 0 Å². The number of aromatic carboxylic acids is 1. The molecule has 0 saturated carbocycles. The molecule has 0 saturated heterocycles. The summed E-state index contributed by atoms with van der Waals surface area (Å²) in [6.45, 7) is 4.36. The number of ether oxygens (including phenoxy) is 2. The molecule has 0 bridgehead atoms. The first kappa shape index (κ1) is 14.9. The van der Waals surface area contributed by atoms with Gasteiger partial charge in [-0.1, -0.05) is 18.2 Å². The first-order chi connectivity index (χ1) is 10.0. The lowest BCUT2D eigenvalue weighted by atomic mass is 10.0. The number of carboxylic acid groups (broad SMARTS) is 1. The summed E-state index contributed by atoms with van der Waals surface area (Å²) in [7, 11) is 1.50. The van der Waals surface area contributed by atoms with Crippen LogP contribution >= 0.6 is 0 Å². The Hall–Kier alpha value is -2.49. The van der Waals surface area contributed by atoms with Gasteiger partial charge in [0.1, 0.15) is 23.7 Å². The number of carboxylic acids is 1. The lowest BCUT2D eigenvalue weighted by Crippen LogP contribution is -2.05. The summed E-state index contributed by atoms with van der Waals surface area (Å²) in [6, 6.07) is 10.8. The summed E-state index contributed by atoms with van der Waals surface area (Å²) in [5.74, 6) is -0.205. The zero-order valence-electron chi connectivity index (χ0n) is 12.3. The molecule has 0 aromatic heterocycles. The van der Waals surface area contributed by atoms with E-state index in [2.05, 4.69) is 0 Å². The summed E-state index contributed by atoms with van der Waals surface area (Å²) in [4.78, 5) is 11.3. The van der Waals surface area contributed by atoms with Crippen LogP contribution in [0.25, 0.3) is 0 Å². The highest BCUT2D eigenvalue weighted by Crippen LogP contribution is 2.26. The van der Waals surface area contributed by atoms with Crippen LogP contribution in [0.3, 0.4) is 0 Å². The maximum Gasteiger partial charge on any atom is 0.339 e. The number of carbonyl (C=O) groups is 1. The lowest BCUT2D eigenvalue weighted by molar-refractivity contribution is 0.0691. The van der Waals surface area contributed by atoms with E-state index in [1.165, 1.54) is 13.2 Å². The van der Waals surface area contributed by atoms with Crippen molar-refractivity contribution in [2.75, 3.05) is 7.11 Å². The molecule has 0 heterocycles. The third-order valence-corrected chi connectivity index (χ3v) is 3.43. The van der Waals surface area contributed by atoms with Gasteiger partial charge < -0.3 is 14.6 Å². The van der Waals surface area contributed by atoms with Crippen LogP contribution < -0.4 is 9.47 Å².